The Bertz CT molecular complexity index is 1090. The molecule has 0 heterocycles. The number of methoxy groups -OCH3 is 2. The molecule has 0 atom stereocenters. The van der Waals surface area contributed by atoms with Crippen molar-refractivity contribution in [2.45, 2.75) is 0 Å². The van der Waals surface area contributed by atoms with E-state index in [-0.39, 0.29) is 26.5 Å². The van der Waals surface area contributed by atoms with Gasteiger partial charge in [0.05, 0.1) is 44.8 Å². The zero-order chi connectivity index (χ0) is 23.5. The number of nitro groups is 2. The van der Waals surface area contributed by atoms with Crippen molar-refractivity contribution in [3.8, 4) is 11.5 Å². The molecule has 2 N–H and O–H groups in total. The predicted octanol–water partition coefficient (Wildman–Crippen LogP) is 4.44. The summed E-state index contributed by atoms with van der Waals surface area (Å²) >= 11 is 17.7. The molecule has 0 aliphatic heterocycles. The summed E-state index contributed by atoms with van der Waals surface area (Å²) in [7, 11) is 2.22. The van der Waals surface area contributed by atoms with Crippen LogP contribution in [0, 0.1) is 20.2 Å². The van der Waals surface area contributed by atoms with E-state index >= 15 is 0 Å². The van der Waals surface area contributed by atoms with Gasteiger partial charge in [0.1, 0.15) is 5.56 Å². The topological polar surface area (TPSA) is 163 Å². The van der Waals surface area contributed by atoms with Gasteiger partial charge in [0.2, 0.25) is 5.75 Å². The molecule has 2 aromatic rings. The first kappa shape index (κ1) is 23.9. The lowest BCUT2D eigenvalue weighted by Gasteiger charge is -2.15. The first-order chi connectivity index (χ1) is 14.5. The van der Waals surface area contributed by atoms with Crippen LogP contribution in [-0.4, -0.2) is 36.0 Å². The lowest BCUT2D eigenvalue weighted by atomic mass is 10.1. The van der Waals surface area contributed by atoms with E-state index in [1.807, 2.05) is 5.32 Å². The number of benzene rings is 2. The highest BCUT2D eigenvalue weighted by Crippen LogP contribution is 2.42. The monoisotopic (exact) mass is 492 g/mol. The number of non-ortho nitro benzene ring substituents is 1. The van der Waals surface area contributed by atoms with Crippen LogP contribution in [0.15, 0.2) is 18.2 Å². The number of anilines is 1. The normalized spacial score (nSPS) is 10.2. The van der Waals surface area contributed by atoms with Crippen LogP contribution in [0.3, 0.4) is 0 Å². The van der Waals surface area contributed by atoms with Crippen molar-refractivity contribution in [2.24, 2.45) is 0 Å². The van der Waals surface area contributed by atoms with E-state index < -0.39 is 44.5 Å². The van der Waals surface area contributed by atoms with Crippen LogP contribution >= 0.6 is 34.8 Å². The number of amides is 3. The van der Waals surface area contributed by atoms with Crippen molar-refractivity contribution in [1.82, 2.24) is 5.32 Å². The Balaban J connectivity index is 2.39. The number of hydrogen-bond donors (Lipinski definition) is 2. The van der Waals surface area contributed by atoms with E-state index in [0.29, 0.717) is 0 Å². The average Bonchev–Trinajstić information content (AvgIpc) is 2.69. The largest absolute Gasteiger partial charge is 0.494 e. The van der Waals surface area contributed by atoms with Crippen LogP contribution in [0.1, 0.15) is 10.4 Å². The Morgan fingerprint density at radius 1 is 0.903 bits per heavy atom. The highest BCUT2D eigenvalue weighted by Gasteiger charge is 2.31. The zero-order valence-corrected chi connectivity index (χ0v) is 17.8. The Labute approximate surface area is 188 Å². The Kier molecular flexibility index (Phi) is 7.44. The molecule has 0 aromatic heterocycles. The number of nitrogens with one attached hydrogen (secondary N) is 2. The molecule has 0 aliphatic rings. The molecule has 0 fully saturated rings. The van der Waals surface area contributed by atoms with Gasteiger partial charge < -0.3 is 14.8 Å². The van der Waals surface area contributed by atoms with Gasteiger partial charge in [0.25, 0.3) is 11.6 Å². The number of carbonyl (C=O) groups is 2. The van der Waals surface area contributed by atoms with E-state index in [1.54, 1.807) is 0 Å². The molecule has 2 aromatic carbocycles. The summed E-state index contributed by atoms with van der Waals surface area (Å²) in [5, 5.41) is 25.3. The van der Waals surface area contributed by atoms with Crippen LogP contribution < -0.4 is 20.1 Å². The summed E-state index contributed by atoms with van der Waals surface area (Å²) in [6.45, 7) is 0. The predicted molar refractivity (Wildman–Crippen MR) is 111 cm³/mol. The second-order valence-corrected chi connectivity index (χ2v) is 6.75. The SMILES string of the molecule is COc1c(Cl)cc([N+](=O)[O-])c(OC)c1C(=O)NC(=O)Nc1c(Cl)cc([N+](=O)[O-])cc1Cl. The molecule has 0 aliphatic carbocycles. The Morgan fingerprint density at radius 3 is 1.90 bits per heavy atom. The van der Waals surface area contributed by atoms with Crippen LogP contribution in [-0.2, 0) is 0 Å². The molecule has 0 unspecified atom stereocenters. The van der Waals surface area contributed by atoms with Crippen molar-refractivity contribution in [3.63, 3.8) is 0 Å². The van der Waals surface area contributed by atoms with Gasteiger partial charge in [0, 0.05) is 18.2 Å². The number of carbonyl (C=O) groups excluding carboxylic acids is 2. The molecule has 0 radical (unpaired) electrons. The number of nitrogens with zero attached hydrogens (tertiary/aromatic N) is 2. The third-order valence-electron chi connectivity index (χ3n) is 3.70. The second kappa shape index (κ2) is 9.64. The molecule has 15 heteroatoms. The molecule has 3 amide bonds. The lowest BCUT2D eigenvalue weighted by molar-refractivity contribution is -0.385. The molecule has 31 heavy (non-hydrogen) atoms. The molecule has 0 saturated heterocycles. The molecular formula is C16H11Cl3N4O8. The van der Waals surface area contributed by atoms with Gasteiger partial charge >= 0.3 is 11.7 Å². The van der Waals surface area contributed by atoms with E-state index in [9.17, 15) is 29.8 Å². The fraction of sp³-hybridized carbons (Fsp3) is 0.125. The maximum atomic E-state index is 12.7. The molecular weight excluding hydrogens is 483 g/mol. The van der Waals surface area contributed by atoms with Gasteiger partial charge in [-0.05, 0) is 0 Å². The number of halogens is 3. The van der Waals surface area contributed by atoms with Gasteiger partial charge in [0.15, 0.2) is 5.75 Å². The second-order valence-electron chi connectivity index (χ2n) is 5.53. The number of rotatable bonds is 6. The standard InChI is InChI=1S/C16H11Cl3N4O8/c1-30-13-9(19)5-10(23(28)29)14(31-2)11(13)15(24)21-16(25)20-12-7(17)3-6(22(26)27)4-8(12)18/h3-5H,1-2H3,(H2,20,21,24,25). The minimum Gasteiger partial charge on any atom is -0.494 e. The smallest absolute Gasteiger partial charge is 0.326 e. The molecule has 164 valence electrons. The maximum Gasteiger partial charge on any atom is 0.326 e. The van der Waals surface area contributed by atoms with Gasteiger partial charge in [-0.25, -0.2) is 4.79 Å². The number of urea groups is 1. The maximum absolute atomic E-state index is 12.7. The fourth-order valence-electron chi connectivity index (χ4n) is 2.44. The van der Waals surface area contributed by atoms with Crippen molar-refractivity contribution in [3.05, 3.63) is 59.1 Å². The van der Waals surface area contributed by atoms with E-state index in [4.69, 9.17) is 44.3 Å². The van der Waals surface area contributed by atoms with E-state index in [2.05, 4.69) is 5.32 Å². The number of hydrogen-bond acceptors (Lipinski definition) is 8. The van der Waals surface area contributed by atoms with Gasteiger partial charge in [-0.1, -0.05) is 34.8 Å². The highest BCUT2D eigenvalue weighted by molar-refractivity contribution is 6.40. The number of nitro benzene ring substituents is 2. The molecule has 0 spiro atoms. The zero-order valence-electron chi connectivity index (χ0n) is 15.5. The highest BCUT2D eigenvalue weighted by atomic mass is 35.5. The van der Waals surface area contributed by atoms with Crippen LogP contribution in [0.25, 0.3) is 0 Å². The molecule has 0 bridgehead atoms. The molecule has 12 nitrogen and oxygen atoms in total. The summed E-state index contributed by atoms with van der Waals surface area (Å²) in [6.07, 6.45) is 0. The Hall–Kier alpha value is -3.35. The minimum absolute atomic E-state index is 0.213. The van der Waals surface area contributed by atoms with Crippen molar-refractivity contribution in [2.75, 3.05) is 19.5 Å². The Morgan fingerprint density at radius 2 is 1.45 bits per heavy atom. The van der Waals surface area contributed by atoms with E-state index in [1.165, 1.54) is 0 Å². The summed E-state index contributed by atoms with van der Waals surface area (Å²) < 4.78 is 9.97. The molecule has 2 rings (SSSR count). The quantitative estimate of drug-likeness (QED) is 0.440. The third-order valence-corrected chi connectivity index (χ3v) is 4.58. The number of ether oxygens (including phenoxy) is 2. The minimum atomic E-state index is -1.16. The lowest BCUT2D eigenvalue weighted by Crippen LogP contribution is -2.35. The van der Waals surface area contributed by atoms with Crippen molar-refractivity contribution in [1.29, 1.82) is 0 Å². The van der Waals surface area contributed by atoms with Crippen molar-refractivity contribution < 1.29 is 28.9 Å². The number of imide groups is 1. The molecule has 0 saturated carbocycles. The summed E-state index contributed by atoms with van der Waals surface area (Å²) in [5.41, 5.74) is -1.78. The van der Waals surface area contributed by atoms with Crippen LogP contribution in [0.5, 0.6) is 11.5 Å². The van der Waals surface area contributed by atoms with E-state index in [0.717, 1.165) is 32.4 Å². The van der Waals surface area contributed by atoms with Crippen molar-refractivity contribution >= 4 is 63.8 Å². The van der Waals surface area contributed by atoms with Crippen LogP contribution in [0.4, 0.5) is 21.9 Å². The first-order valence-electron chi connectivity index (χ1n) is 7.86. The first-order valence-corrected chi connectivity index (χ1v) is 8.99. The van der Waals surface area contributed by atoms with Crippen LogP contribution in [0.2, 0.25) is 15.1 Å². The summed E-state index contributed by atoms with van der Waals surface area (Å²) in [5.74, 6) is -1.94. The van der Waals surface area contributed by atoms with Gasteiger partial charge in [-0.2, -0.15) is 0 Å². The average molecular weight is 494 g/mol. The third kappa shape index (κ3) is 5.05. The van der Waals surface area contributed by atoms with Gasteiger partial charge in [-0.3, -0.25) is 30.3 Å². The summed E-state index contributed by atoms with van der Waals surface area (Å²) in [6, 6.07) is 1.65. The fourth-order valence-corrected chi connectivity index (χ4v) is 3.29. The van der Waals surface area contributed by atoms with Gasteiger partial charge in [-0.15, -0.1) is 0 Å². The summed E-state index contributed by atoms with van der Waals surface area (Å²) in [4.78, 5) is 45.5.